The molecule has 2 aromatic heterocycles. The largest absolute Gasteiger partial charge is 0.459 e. The number of aromatic nitrogens is 1. The molecule has 5 nitrogen and oxygen atoms in total. The lowest BCUT2D eigenvalue weighted by Gasteiger charge is -2.32. The van der Waals surface area contributed by atoms with Crippen molar-refractivity contribution in [3.05, 3.63) is 54.1 Å². The van der Waals surface area contributed by atoms with Crippen molar-refractivity contribution in [2.75, 3.05) is 25.0 Å². The van der Waals surface area contributed by atoms with Crippen LogP contribution in [0.1, 0.15) is 67.5 Å². The molecule has 3 heterocycles. The summed E-state index contributed by atoms with van der Waals surface area (Å²) in [6, 6.07) is 9.45. The summed E-state index contributed by atoms with van der Waals surface area (Å²) in [4.78, 5) is 18.3. The van der Waals surface area contributed by atoms with Gasteiger partial charge in [-0.3, -0.25) is 4.79 Å². The average Bonchev–Trinajstić information content (AvgIpc) is 3.42. The zero-order valence-electron chi connectivity index (χ0n) is 17.2. The predicted octanol–water partition coefficient (Wildman–Crippen LogP) is 5.77. The van der Waals surface area contributed by atoms with Crippen molar-refractivity contribution in [3.63, 3.8) is 0 Å². The lowest BCUT2D eigenvalue weighted by Crippen LogP contribution is -2.33. The number of hydrogen-bond acceptors (Lipinski definition) is 3. The van der Waals surface area contributed by atoms with Crippen molar-refractivity contribution >= 4 is 22.5 Å². The molecule has 0 atom stereocenters. The second-order valence-electron chi connectivity index (χ2n) is 8.11. The van der Waals surface area contributed by atoms with E-state index in [-0.39, 0.29) is 5.91 Å². The molecule has 0 saturated carbocycles. The van der Waals surface area contributed by atoms with Crippen LogP contribution >= 0.6 is 0 Å². The fourth-order valence-corrected chi connectivity index (χ4v) is 4.39. The number of nitrogens with one attached hydrogen (secondary N) is 2. The zero-order chi connectivity index (χ0) is 20.1. The summed E-state index contributed by atoms with van der Waals surface area (Å²) in [5, 5.41) is 4.15. The number of anilines is 1. The van der Waals surface area contributed by atoms with Crippen molar-refractivity contribution in [1.82, 2.24) is 9.88 Å². The van der Waals surface area contributed by atoms with Crippen LogP contribution in [0.25, 0.3) is 10.9 Å². The van der Waals surface area contributed by atoms with Gasteiger partial charge in [0, 0.05) is 22.8 Å². The molecule has 1 fully saturated rings. The summed E-state index contributed by atoms with van der Waals surface area (Å²) in [5.41, 5.74) is 3.30. The zero-order valence-corrected chi connectivity index (χ0v) is 17.2. The number of benzene rings is 1. The van der Waals surface area contributed by atoms with Gasteiger partial charge in [0.15, 0.2) is 5.76 Å². The molecule has 154 valence electrons. The third-order valence-electron chi connectivity index (χ3n) is 6.07. The summed E-state index contributed by atoms with van der Waals surface area (Å²) in [6.07, 6.45) is 11.4. The van der Waals surface area contributed by atoms with Gasteiger partial charge in [0.25, 0.3) is 5.91 Å². The summed E-state index contributed by atoms with van der Waals surface area (Å²) in [5.74, 6) is 0.681. The Morgan fingerprint density at radius 2 is 2.07 bits per heavy atom. The molecule has 4 rings (SSSR count). The van der Waals surface area contributed by atoms with Gasteiger partial charge in [0.2, 0.25) is 0 Å². The van der Waals surface area contributed by atoms with Crippen molar-refractivity contribution in [3.8, 4) is 0 Å². The Morgan fingerprint density at radius 1 is 1.21 bits per heavy atom. The molecule has 1 aliphatic rings. The Labute approximate surface area is 172 Å². The quantitative estimate of drug-likeness (QED) is 0.477. The van der Waals surface area contributed by atoms with Crippen molar-refractivity contribution in [1.29, 1.82) is 0 Å². The SMILES string of the molecule is CCCCCCN1CCC(c2c[nH]c3ccc(NC(=O)c4ccco4)cc23)CC1. The fraction of sp³-hybridized carbons (Fsp3) is 0.458. The van der Waals surface area contributed by atoms with E-state index in [4.69, 9.17) is 4.42 Å². The molecule has 5 heteroatoms. The number of H-pyrrole nitrogens is 1. The number of piperidine rings is 1. The summed E-state index contributed by atoms with van der Waals surface area (Å²) in [7, 11) is 0. The van der Waals surface area contributed by atoms with E-state index in [0.29, 0.717) is 11.7 Å². The van der Waals surface area contributed by atoms with E-state index in [9.17, 15) is 4.79 Å². The first-order valence-electron chi connectivity index (χ1n) is 10.9. The molecule has 1 saturated heterocycles. The Bertz CT molecular complexity index is 921. The van der Waals surface area contributed by atoms with Gasteiger partial charge in [0.1, 0.15) is 0 Å². The molecular weight excluding hydrogens is 362 g/mol. The number of unbranched alkanes of at least 4 members (excludes halogenated alkanes) is 3. The lowest BCUT2D eigenvalue weighted by atomic mass is 9.89. The minimum Gasteiger partial charge on any atom is -0.459 e. The smallest absolute Gasteiger partial charge is 0.291 e. The van der Waals surface area contributed by atoms with Crippen LogP contribution in [0.15, 0.2) is 47.2 Å². The molecule has 0 aliphatic carbocycles. The van der Waals surface area contributed by atoms with E-state index >= 15 is 0 Å². The Morgan fingerprint density at radius 3 is 2.83 bits per heavy atom. The highest BCUT2D eigenvalue weighted by Crippen LogP contribution is 2.34. The van der Waals surface area contributed by atoms with Gasteiger partial charge >= 0.3 is 0 Å². The number of likely N-dealkylation sites (tertiary alicyclic amines) is 1. The molecule has 29 heavy (non-hydrogen) atoms. The van der Waals surface area contributed by atoms with Crippen molar-refractivity contribution in [2.24, 2.45) is 0 Å². The minimum absolute atomic E-state index is 0.220. The van der Waals surface area contributed by atoms with Crippen LogP contribution in [0.3, 0.4) is 0 Å². The summed E-state index contributed by atoms with van der Waals surface area (Å²) < 4.78 is 5.19. The highest BCUT2D eigenvalue weighted by atomic mass is 16.3. The monoisotopic (exact) mass is 393 g/mol. The maximum atomic E-state index is 12.3. The average molecular weight is 394 g/mol. The standard InChI is InChI=1S/C24H31N3O2/c1-2-3-4-5-12-27-13-10-18(11-14-27)21-17-25-22-9-8-19(16-20(21)22)26-24(28)23-7-6-15-29-23/h6-9,15-18,25H,2-5,10-14H2,1H3,(H,26,28). The van der Waals surface area contributed by atoms with Gasteiger partial charge in [0.05, 0.1) is 6.26 Å². The predicted molar refractivity (Wildman–Crippen MR) is 118 cm³/mol. The van der Waals surface area contributed by atoms with Crippen LogP contribution in [0, 0.1) is 0 Å². The molecule has 3 aromatic rings. The third-order valence-corrected chi connectivity index (χ3v) is 6.07. The number of aromatic amines is 1. The van der Waals surface area contributed by atoms with Gasteiger partial charge in [-0.1, -0.05) is 26.2 Å². The number of nitrogens with zero attached hydrogens (tertiary/aromatic N) is 1. The maximum Gasteiger partial charge on any atom is 0.291 e. The third kappa shape index (κ3) is 4.73. The molecule has 1 aliphatic heterocycles. The van der Waals surface area contributed by atoms with Crippen molar-refractivity contribution in [2.45, 2.75) is 51.4 Å². The van der Waals surface area contributed by atoms with Gasteiger partial charge in [-0.25, -0.2) is 0 Å². The van der Waals surface area contributed by atoms with Gasteiger partial charge in [-0.15, -0.1) is 0 Å². The van der Waals surface area contributed by atoms with Gasteiger partial charge < -0.3 is 19.6 Å². The molecule has 1 amide bonds. The molecular formula is C24H31N3O2. The van der Waals surface area contributed by atoms with E-state index in [2.05, 4.69) is 34.4 Å². The lowest BCUT2D eigenvalue weighted by molar-refractivity contribution is 0.0996. The van der Waals surface area contributed by atoms with Crippen LogP contribution in [0.4, 0.5) is 5.69 Å². The maximum absolute atomic E-state index is 12.3. The van der Waals surface area contributed by atoms with Crippen LogP contribution in [0.5, 0.6) is 0 Å². The first kappa shape index (κ1) is 19.8. The summed E-state index contributed by atoms with van der Waals surface area (Å²) in [6.45, 7) is 5.86. The topological polar surface area (TPSA) is 61.3 Å². The van der Waals surface area contributed by atoms with Crippen LogP contribution < -0.4 is 5.32 Å². The van der Waals surface area contributed by atoms with Crippen LogP contribution in [-0.4, -0.2) is 35.4 Å². The fourth-order valence-electron chi connectivity index (χ4n) is 4.39. The van der Waals surface area contributed by atoms with Crippen LogP contribution in [0.2, 0.25) is 0 Å². The Kier molecular flexibility index (Phi) is 6.35. The second kappa shape index (κ2) is 9.31. The normalized spacial score (nSPS) is 15.8. The number of hydrogen-bond donors (Lipinski definition) is 2. The molecule has 0 bridgehead atoms. The molecule has 1 aromatic carbocycles. The van der Waals surface area contributed by atoms with Gasteiger partial charge in [-0.2, -0.15) is 0 Å². The van der Waals surface area contributed by atoms with E-state index in [0.717, 1.165) is 11.2 Å². The highest BCUT2D eigenvalue weighted by molar-refractivity contribution is 6.03. The molecule has 0 unspecified atom stereocenters. The first-order valence-corrected chi connectivity index (χ1v) is 10.9. The molecule has 0 spiro atoms. The number of carbonyl (C=O) groups is 1. The number of carbonyl (C=O) groups excluding carboxylic acids is 1. The van der Waals surface area contributed by atoms with E-state index in [1.54, 1.807) is 12.1 Å². The summed E-state index contributed by atoms with van der Waals surface area (Å²) >= 11 is 0. The van der Waals surface area contributed by atoms with Crippen LogP contribution in [-0.2, 0) is 0 Å². The number of furan rings is 1. The van der Waals surface area contributed by atoms with E-state index < -0.39 is 0 Å². The first-order chi connectivity index (χ1) is 14.2. The molecule has 2 N–H and O–H groups in total. The van der Waals surface area contributed by atoms with E-state index in [1.165, 1.54) is 75.4 Å². The highest BCUT2D eigenvalue weighted by Gasteiger charge is 2.22. The van der Waals surface area contributed by atoms with Crippen molar-refractivity contribution < 1.29 is 9.21 Å². The number of rotatable bonds is 8. The molecule has 0 radical (unpaired) electrons. The van der Waals surface area contributed by atoms with Gasteiger partial charge in [-0.05, 0) is 80.7 Å². The number of fused-ring (bicyclic) bond motifs is 1. The minimum atomic E-state index is -0.220. The Balaban J connectivity index is 1.40. The number of amides is 1. The second-order valence-corrected chi connectivity index (χ2v) is 8.11. The Hall–Kier alpha value is -2.53. The van der Waals surface area contributed by atoms with E-state index in [1.807, 2.05) is 12.1 Å².